The average molecular weight is 341 g/mol. The Labute approximate surface area is 149 Å². The molecule has 0 fully saturated rings. The molecular weight excluding hydrogens is 325 g/mol. The van der Waals surface area contributed by atoms with Gasteiger partial charge in [0.2, 0.25) is 0 Å². The van der Waals surface area contributed by atoms with Crippen LogP contribution < -0.4 is 0 Å². The number of para-hydroxylation sites is 2. The van der Waals surface area contributed by atoms with Crippen molar-refractivity contribution in [1.82, 2.24) is 14.5 Å². The molecule has 26 heavy (non-hydrogen) atoms. The average Bonchev–Trinajstić information content (AvgIpc) is 3.27. The van der Waals surface area contributed by atoms with Gasteiger partial charge in [0, 0.05) is 22.8 Å². The van der Waals surface area contributed by atoms with Gasteiger partial charge < -0.3 is 9.55 Å². The quantitative estimate of drug-likeness (QED) is 0.470. The first-order valence-electron chi connectivity index (χ1n) is 8.55. The highest BCUT2D eigenvalue weighted by atomic mass is 19.1. The second-order valence-electron chi connectivity index (χ2n) is 6.41. The SMILES string of the molecule is Fc1ccccc1Cn1ccc2ccc(-c3nc4ccccc4[nH]3)cc21. The zero-order valence-corrected chi connectivity index (χ0v) is 14.0. The third-order valence-corrected chi connectivity index (χ3v) is 4.74. The van der Waals surface area contributed by atoms with E-state index in [1.165, 1.54) is 6.07 Å². The van der Waals surface area contributed by atoms with E-state index in [1.807, 2.05) is 42.6 Å². The highest BCUT2D eigenvalue weighted by Crippen LogP contribution is 2.26. The first kappa shape index (κ1) is 14.9. The summed E-state index contributed by atoms with van der Waals surface area (Å²) in [6, 6.07) is 23.2. The van der Waals surface area contributed by atoms with Crippen molar-refractivity contribution in [2.24, 2.45) is 0 Å². The summed E-state index contributed by atoms with van der Waals surface area (Å²) >= 11 is 0. The van der Waals surface area contributed by atoms with Gasteiger partial charge in [-0.05, 0) is 35.7 Å². The molecule has 0 radical (unpaired) electrons. The first-order chi connectivity index (χ1) is 12.8. The molecule has 0 unspecified atom stereocenters. The van der Waals surface area contributed by atoms with Crippen LogP contribution in [-0.4, -0.2) is 14.5 Å². The Morgan fingerprint density at radius 1 is 0.923 bits per heavy atom. The first-order valence-corrected chi connectivity index (χ1v) is 8.55. The van der Waals surface area contributed by atoms with Gasteiger partial charge in [-0.2, -0.15) is 0 Å². The molecule has 5 rings (SSSR count). The van der Waals surface area contributed by atoms with E-state index < -0.39 is 0 Å². The molecule has 0 aliphatic rings. The number of benzene rings is 3. The second kappa shape index (κ2) is 5.85. The molecule has 0 aliphatic heterocycles. The van der Waals surface area contributed by atoms with Crippen LogP contribution in [0.4, 0.5) is 4.39 Å². The molecule has 0 saturated heterocycles. The second-order valence-corrected chi connectivity index (χ2v) is 6.41. The van der Waals surface area contributed by atoms with Crippen LogP contribution in [0.1, 0.15) is 5.56 Å². The predicted molar refractivity (Wildman–Crippen MR) is 103 cm³/mol. The van der Waals surface area contributed by atoms with Crippen molar-refractivity contribution in [2.45, 2.75) is 6.54 Å². The smallest absolute Gasteiger partial charge is 0.138 e. The Kier molecular flexibility index (Phi) is 3.35. The van der Waals surface area contributed by atoms with Crippen LogP contribution in [0.3, 0.4) is 0 Å². The van der Waals surface area contributed by atoms with E-state index in [0.717, 1.165) is 33.3 Å². The maximum atomic E-state index is 14.0. The standard InChI is InChI=1S/C22H16FN3/c23-18-6-2-1-5-17(18)14-26-12-11-15-9-10-16(13-21(15)26)22-24-19-7-3-4-8-20(19)25-22/h1-13H,14H2,(H,24,25). The number of fused-ring (bicyclic) bond motifs is 2. The molecule has 0 saturated carbocycles. The van der Waals surface area contributed by atoms with Crippen LogP contribution in [0, 0.1) is 5.82 Å². The summed E-state index contributed by atoms with van der Waals surface area (Å²) in [6.07, 6.45) is 2.00. The molecule has 3 nitrogen and oxygen atoms in total. The molecule has 0 spiro atoms. The van der Waals surface area contributed by atoms with Crippen LogP contribution in [0.15, 0.2) is 79.0 Å². The Bertz CT molecular complexity index is 1200. The number of hydrogen-bond donors (Lipinski definition) is 1. The largest absolute Gasteiger partial charge is 0.343 e. The summed E-state index contributed by atoms with van der Waals surface area (Å²) in [5.41, 5.74) is 4.72. The van der Waals surface area contributed by atoms with Crippen LogP contribution in [-0.2, 0) is 6.54 Å². The minimum atomic E-state index is -0.178. The monoisotopic (exact) mass is 341 g/mol. The van der Waals surface area contributed by atoms with Crippen molar-refractivity contribution in [3.8, 4) is 11.4 Å². The van der Waals surface area contributed by atoms with Crippen LogP contribution >= 0.6 is 0 Å². The summed E-state index contributed by atoms with van der Waals surface area (Å²) < 4.78 is 16.1. The minimum absolute atomic E-state index is 0.178. The number of aromatic nitrogens is 3. The van der Waals surface area contributed by atoms with E-state index in [2.05, 4.69) is 38.8 Å². The summed E-state index contributed by atoms with van der Waals surface area (Å²) in [6.45, 7) is 0.500. The number of aromatic amines is 1. The molecule has 1 N–H and O–H groups in total. The molecular formula is C22H16FN3. The van der Waals surface area contributed by atoms with Gasteiger partial charge in [-0.1, -0.05) is 42.5 Å². The molecule has 0 aliphatic carbocycles. The lowest BCUT2D eigenvalue weighted by Crippen LogP contribution is -2.00. The van der Waals surface area contributed by atoms with Crippen molar-refractivity contribution in [3.05, 3.63) is 90.4 Å². The summed E-state index contributed by atoms with van der Waals surface area (Å²) in [5, 5.41) is 1.13. The van der Waals surface area contributed by atoms with Crippen molar-refractivity contribution >= 4 is 21.9 Å². The fourth-order valence-electron chi connectivity index (χ4n) is 3.37. The maximum absolute atomic E-state index is 14.0. The number of nitrogens with one attached hydrogen (secondary N) is 1. The number of H-pyrrole nitrogens is 1. The lowest BCUT2D eigenvalue weighted by Gasteiger charge is -2.07. The highest BCUT2D eigenvalue weighted by molar-refractivity contribution is 5.86. The lowest BCUT2D eigenvalue weighted by atomic mass is 10.1. The molecule has 0 atom stereocenters. The van der Waals surface area contributed by atoms with E-state index in [9.17, 15) is 4.39 Å². The van der Waals surface area contributed by atoms with Gasteiger partial charge in [0.15, 0.2) is 0 Å². The number of imidazole rings is 1. The molecule has 0 amide bonds. The van der Waals surface area contributed by atoms with E-state index in [1.54, 1.807) is 6.07 Å². The third kappa shape index (κ3) is 2.47. The van der Waals surface area contributed by atoms with E-state index in [-0.39, 0.29) is 5.82 Å². The fraction of sp³-hybridized carbons (Fsp3) is 0.0455. The van der Waals surface area contributed by atoms with Gasteiger partial charge in [0.1, 0.15) is 11.6 Å². The summed E-state index contributed by atoms with van der Waals surface area (Å²) in [5.74, 6) is 0.662. The maximum Gasteiger partial charge on any atom is 0.138 e. The molecule has 5 aromatic rings. The van der Waals surface area contributed by atoms with Crippen molar-refractivity contribution in [3.63, 3.8) is 0 Å². The molecule has 4 heteroatoms. The van der Waals surface area contributed by atoms with Crippen LogP contribution in [0.2, 0.25) is 0 Å². The summed E-state index contributed by atoms with van der Waals surface area (Å²) in [7, 11) is 0. The zero-order chi connectivity index (χ0) is 17.5. The summed E-state index contributed by atoms with van der Waals surface area (Å²) in [4.78, 5) is 8.04. The molecule has 2 aromatic heterocycles. The lowest BCUT2D eigenvalue weighted by molar-refractivity contribution is 0.602. The zero-order valence-electron chi connectivity index (χ0n) is 14.0. The molecule has 2 heterocycles. The van der Waals surface area contributed by atoms with Crippen molar-refractivity contribution < 1.29 is 4.39 Å². The van der Waals surface area contributed by atoms with Gasteiger partial charge in [-0.25, -0.2) is 9.37 Å². The van der Waals surface area contributed by atoms with Crippen LogP contribution in [0.25, 0.3) is 33.3 Å². The minimum Gasteiger partial charge on any atom is -0.343 e. The van der Waals surface area contributed by atoms with Crippen LogP contribution in [0.5, 0.6) is 0 Å². The van der Waals surface area contributed by atoms with Gasteiger partial charge in [-0.3, -0.25) is 0 Å². The van der Waals surface area contributed by atoms with E-state index in [0.29, 0.717) is 12.1 Å². The Hall–Kier alpha value is -3.40. The highest BCUT2D eigenvalue weighted by Gasteiger charge is 2.09. The third-order valence-electron chi connectivity index (χ3n) is 4.74. The van der Waals surface area contributed by atoms with E-state index >= 15 is 0 Å². The topological polar surface area (TPSA) is 33.6 Å². The van der Waals surface area contributed by atoms with Crippen molar-refractivity contribution in [2.75, 3.05) is 0 Å². The Balaban J connectivity index is 1.59. The number of hydrogen-bond acceptors (Lipinski definition) is 1. The Morgan fingerprint density at radius 2 is 1.77 bits per heavy atom. The fourth-order valence-corrected chi connectivity index (χ4v) is 3.37. The normalized spacial score (nSPS) is 11.4. The van der Waals surface area contributed by atoms with Crippen molar-refractivity contribution in [1.29, 1.82) is 0 Å². The molecule has 0 bridgehead atoms. The molecule has 126 valence electrons. The van der Waals surface area contributed by atoms with Gasteiger partial charge >= 0.3 is 0 Å². The number of nitrogens with zero attached hydrogens (tertiary/aromatic N) is 2. The Morgan fingerprint density at radius 3 is 2.65 bits per heavy atom. The van der Waals surface area contributed by atoms with Gasteiger partial charge in [0.05, 0.1) is 17.6 Å². The van der Waals surface area contributed by atoms with Gasteiger partial charge in [0.25, 0.3) is 0 Å². The number of halogens is 1. The predicted octanol–water partition coefficient (Wildman–Crippen LogP) is 5.37. The molecule has 3 aromatic carbocycles. The number of rotatable bonds is 3. The van der Waals surface area contributed by atoms with E-state index in [4.69, 9.17) is 0 Å². The van der Waals surface area contributed by atoms with Gasteiger partial charge in [-0.15, -0.1) is 0 Å².